The van der Waals surface area contributed by atoms with Gasteiger partial charge in [0.1, 0.15) is 12.3 Å². The molecule has 8 nitrogen and oxygen atoms in total. The van der Waals surface area contributed by atoms with Crippen molar-refractivity contribution in [3.8, 4) is 0 Å². The summed E-state index contributed by atoms with van der Waals surface area (Å²) >= 11 is 0. The first-order chi connectivity index (χ1) is 7.02. The average molecular weight is 211 g/mol. The second-order valence-electron chi connectivity index (χ2n) is 2.41. The Hall–Kier alpha value is -2.34. The Bertz CT molecular complexity index is 363. The maximum atomic E-state index is 11.2. The summed E-state index contributed by atoms with van der Waals surface area (Å²) in [6, 6.07) is 0. The van der Waals surface area contributed by atoms with Crippen LogP contribution in [0.15, 0.2) is 16.4 Å². The van der Waals surface area contributed by atoms with Crippen molar-refractivity contribution in [2.75, 3.05) is 6.54 Å². The van der Waals surface area contributed by atoms with Crippen LogP contribution in [0, 0.1) is 5.41 Å². The molecule has 0 atom stereocenters. The smallest absolute Gasteiger partial charge is 0.262 e. The molecule has 8 heteroatoms. The van der Waals surface area contributed by atoms with Crippen LogP contribution < -0.4 is 5.32 Å². The number of carbonyl (C=O) groups is 2. The zero-order valence-electron chi connectivity index (χ0n) is 7.89. The van der Waals surface area contributed by atoms with Gasteiger partial charge in [0.05, 0.1) is 5.57 Å². The maximum absolute atomic E-state index is 11.2. The van der Waals surface area contributed by atoms with E-state index >= 15 is 0 Å². The van der Waals surface area contributed by atoms with Gasteiger partial charge in [0.25, 0.3) is 5.91 Å². The van der Waals surface area contributed by atoms with E-state index in [2.05, 4.69) is 10.0 Å². The fourth-order valence-corrected chi connectivity index (χ4v) is 0.664. The quantitative estimate of drug-likeness (QED) is 0.155. The van der Waals surface area contributed by atoms with E-state index in [4.69, 9.17) is 16.0 Å². The average Bonchev–Trinajstić information content (AvgIpc) is 2.15. The van der Waals surface area contributed by atoms with Gasteiger partial charge >= 0.3 is 0 Å². The molecule has 3 N–H and O–H groups in total. The van der Waals surface area contributed by atoms with Crippen LogP contribution in [-0.4, -0.2) is 29.7 Å². The van der Waals surface area contributed by atoms with Crippen LogP contribution in [0.5, 0.6) is 0 Å². The minimum absolute atomic E-state index is 0.329. The highest BCUT2D eigenvalue weighted by molar-refractivity contribution is 6.16. The van der Waals surface area contributed by atoms with Crippen LogP contribution in [-0.2, 0) is 9.59 Å². The lowest BCUT2D eigenvalue weighted by molar-refractivity contribution is -0.127. The summed E-state index contributed by atoms with van der Waals surface area (Å²) in [6.45, 7) is 0.690. The molecule has 0 aliphatic carbocycles. The number of aliphatic hydroxyl groups is 1. The monoisotopic (exact) mass is 211 g/mol. The highest BCUT2D eigenvalue weighted by Crippen LogP contribution is 1.97. The first kappa shape index (κ1) is 12.7. The number of nitrogens with one attached hydrogen (secondary N) is 2. The number of aliphatic hydroxyl groups excluding tert-OH is 1. The van der Waals surface area contributed by atoms with Crippen LogP contribution in [0.2, 0.25) is 0 Å². The number of azide groups is 1. The molecule has 0 radical (unpaired) electrons. The number of carbonyl (C=O) groups excluding carboxylic acids is 2. The van der Waals surface area contributed by atoms with Gasteiger partial charge < -0.3 is 10.5 Å². The molecule has 0 heterocycles. The van der Waals surface area contributed by atoms with Crippen molar-refractivity contribution in [1.29, 1.82) is 5.41 Å². The lowest BCUT2D eigenvalue weighted by Gasteiger charge is -2.02. The molecule has 0 aromatic rings. The predicted octanol–water partition coefficient (Wildman–Crippen LogP) is 0.421. The number of hydrogen-bond acceptors (Lipinski definition) is 5. The summed E-state index contributed by atoms with van der Waals surface area (Å²) in [5.41, 5.74) is 7.57. The topological polar surface area (TPSA) is 139 Å². The zero-order valence-corrected chi connectivity index (χ0v) is 7.89. The molecule has 0 fully saturated rings. The van der Waals surface area contributed by atoms with E-state index in [9.17, 15) is 9.59 Å². The lowest BCUT2D eigenvalue weighted by Crippen LogP contribution is -2.33. The normalized spacial score (nSPS) is 10.7. The lowest BCUT2D eigenvalue weighted by atomic mass is 10.2. The van der Waals surface area contributed by atoms with Gasteiger partial charge in [-0.1, -0.05) is 5.11 Å². The van der Waals surface area contributed by atoms with E-state index in [1.54, 1.807) is 0 Å². The molecule has 0 saturated heterocycles. The van der Waals surface area contributed by atoms with Gasteiger partial charge in [-0.2, -0.15) is 0 Å². The number of amides is 2. The minimum atomic E-state index is -0.914. The predicted molar refractivity (Wildman–Crippen MR) is 51.3 cm³/mol. The van der Waals surface area contributed by atoms with Gasteiger partial charge in [0, 0.05) is 11.1 Å². The molecule has 0 saturated carbocycles. The molecule has 0 aliphatic rings. The SMILES string of the molecule is C/C(O)=C(\C=N)C(=O)NC(=O)CN=[N+]=[N-]. The molecule has 0 aromatic carbocycles. The first-order valence-electron chi connectivity index (χ1n) is 3.78. The molecule has 0 aromatic heterocycles. The fraction of sp³-hybridized carbons (Fsp3) is 0.286. The van der Waals surface area contributed by atoms with Crippen LogP contribution in [0.25, 0.3) is 10.4 Å². The molecule has 0 unspecified atom stereocenters. The van der Waals surface area contributed by atoms with Crippen LogP contribution in [0.3, 0.4) is 0 Å². The summed E-state index contributed by atoms with van der Waals surface area (Å²) < 4.78 is 0. The molecule has 0 aliphatic heterocycles. The Morgan fingerprint density at radius 3 is 2.67 bits per heavy atom. The van der Waals surface area contributed by atoms with Crippen molar-refractivity contribution in [2.45, 2.75) is 6.92 Å². The number of imide groups is 1. The standard InChI is InChI=1S/C7H9N5O3/c1-4(13)5(2-8)7(15)11-6(14)3-10-12-9/h2,8,13H,3H2,1H3,(H,11,14,15)/b5-4-,8-2?. The second-order valence-corrected chi connectivity index (χ2v) is 2.41. The Labute approximate surface area is 84.7 Å². The molecular formula is C7H9N5O3. The van der Waals surface area contributed by atoms with E-state index in [0.29, 0.717) is 6.21 Å². The van der Waals surface area contributed by atoms with E-state index < -0.39 is 18.4 Å². The Kier molecular flexibility index (Phi) is 5.20. The largest absolute Gasteiger partial charge is 0.512 e. The van der Waals surface area contributed by atoms with Crippen LogP contribution in [0.1, 0.15) is 6.92 Å². The van der Waals surface area contributed by atoms with Crippen molar-refractivity contribution in [3.63, 3.8) is 0 Å². The number of hydrogen-bond donors (Lipinski definition) is 3. The van der Waals surface area contributed by atoms with E-state index in [-0.39, 0.29) is 11.3 Å². The van der Waals surface area contributed by atoms with Gasteiger partial charge in [-0.3, -0.25) is 14.9 Å². The summed E-state index contributed by atoms with van der Waals surface area (Å²) in [4.78, 5) is 24.4. The molecule has 80 valence electrons. The third-order valence-corrected chi connectivity index (χ3v) is 1.31. The second kappa shape index (κ2) is 6.17. The highest BCUT2D eigenvalue weighted by Gasteiger charge is 2.13. The molecular weight excluding hydrogens is 202 g/mol. The van der Waals surface area contributed by atoms with E-state index in [0.717, 1.165) is 0 Å². The Balaban J connectivity index is 4.49. The first-order valence-corrected chi connectivity index (χ1v) is 3.78. The van der Waals surface area contributed by atoms with Gasteiger partial charge in [0.15, 0.2) is 0 Å². The molecule has 0 bridgehead atoms. The number of rotatable bonds is 4. The number of nitrogens with zero attached hydrogens (tertiary/aromatic N) is 3. The van der Waals surface area contributed by atoms with Crippen molar-refractivity contribution in [3.05, 3.63) is 21.8 Å². The van der Waals surface area contributed by atoms with Gasteiger partial charge in [0.2, 0.25) is 5.91 Å². The maximum Gasteiger partial charge on any atom is 0.262 e. The Morgan fingerprint density at radius 2 is 2.27 bits per heavy atom. The molecule has 2 amide bonds. The molecule has 0 spiro atoms. The van der Waals surface area contributed by atoms with Gasteiger partial charge in [-0.15, -0.1) is 0 Å². The van der Waals surface area contributed by atoms with E-state index in [1.807, 2.05) is 5.32 Å². The van der Waals surface area contributed by atoms with E-state index in [1.165, 1.54) is 6.92 Å². The third kappa shape index (κ3) is 4.44. The van der Waals surface area contributed by atoms with Crippen LogP contribution in [0.4, 0.5) is 0 Å². The minimum Gasteiger partial charge on any atom is -0.512 e. The molecule has 15 heavy (non-hydrogen) atoms. The van der Waals surface area contributed by atoms with Gasteiger partial charge in [-0.25, -0.2) is 0 Å². The summed E-state index contributed by atoms with van der Waals surface area (Å²) in [5, 5.41) is 20.5. The fourth-order valence-electron chi connectivity index (χ4n) is 0.664. The number of allylic oxidation sites excluding steroid dienone is 1. The van der Waals surface area contributed by atoms with Crippen molar-refractivity contribution >= 4 is 18.0 Å². The van der Waals surface area contributed by atoms with Gasteiger partial charge in [-0.05, 0) is 12.5 Å². The summed E-state index contributed by atoms with van der Waals surface area (Å²) in [6.07, 6.45) is 0.617. The van der Waals surface area contributed by atoms with Crippen molar-refractivity contribution in [2.24, 2.45) is 5.11 Å². The zero-order chi connectivity index (χ0) is 11.8. The third-order valence-electron chi connectivity index (χ3n) is 1.31. The summed E-state index contributed by atoms with van der Waals surface area (Å²) in [5.74, 6) is -2.10. The highest BCUT2D eigenvalue weighted by atomic mass is 16.3. The summed E-state index contributed by atoms with van der Waals surface area (Å²) in [7, 11) is 0. The van der Waals surface area contributed by atoms with Crippen molar-refractivity contribution in [1.82, 2.24) is 5.32 Å². The van der Waals surface area contributed by atoms with Crippen molar-refractivity contribution < 1.29 is 14.7 Å². The molecule has 0 rings (SSSR count). The van der Waals surface area contributed by atoms with Crippen LogP contribution >= 0.6 is 0 Å². The Morgan fingerprint density at radius 1 is 1.67 bits per heavy atom.